The van der Waals surface area contributed by atoms with E-state index in [1.165, 1.54) is 16.4 Å². The predicted molar refractivity (Wildman–Crippen MR) is 94.9 cm³/mol. The Morgan fingerprint density at radius 1 is 1.16 bits per heavy atom. The van der Waals surface area contributed by atoms with Gasteiger partial charge >= 0.3 is 0 Å². The Morgan fingerprint density at radius 3 is 2.48 bits per heavy atom. The van der Waals surface area contributed by atoms with Gasteiger partial charge in [0.05, 0.1) is 4.90 Å². The van der Waals surface area contributed by atoms with Crippen LogP contribution in [0.3, 0.4) is 0 Å². The molecule has 1 saturated heterocycles. The molecule has 1 aromatic carbocycles. The summed E-state index contributed by atoms with van der Waals surface area (Å²) in [6, 6.07) is 11.0. The fourth-order valence-corrected chi connectivity index (χ4v) is 4.47. The van der Waals surface area contributed by atoms with E-state index in [0.29, 0.717) is 17.3 Å². The highest BCUT2D eigenvalue weighted by molar-refractivity contribution is 7.89. The van der Waals surface area contributed by atoms with Gasteiger partial charge < -0.3 is 4.90 Å². The number of halogens is 1. The summed E-state index contributed by atoms with van der Waals surface area (Å²) >= 11 is 5.82. The average Bonchev–Trinajstić information content (AvgIpc) is 2.62. The van der Waals surface area contributed by atoms with Crippen LogP contribution in [0, 0.1) is 0 Å². The predicted octanol–water partition coefficient (Wildman–Crippen LogP) is 2.27. The van der Waals surface area contributed by atoms with E-state index in [1.54, 1.807) is 41.4 Å². The lowest BCUT2D eigenvalue weighted by atomic mass is 10.2. The zero-order valence-corrected chi connectivity index (χ0v) is 15.2. The number of benzene rings is 1. The Bertz CT molecular complexity index is 856. The quantitative estimate of drug-likeness (QED) is 0.820. The molecule has 3 rings (SSSR count). The van der Waals surface area contributed by atoms with Crippen molar-refractivity contribution in [3.05, 3.63) is 59.4 Å². The highest BCUT2D eigenvalue weighted by atomic mass is 35.5. The molecule has 1 amide bonds. The summed E-state index contributed by atoms with van der Waals surface area (Å²) in [5, 5.41) is 0.484. The Balaban J connectivity index is 1.75. The second-order valence-electron chi connectivity index (χ2n) is 5.88. The van der Waals surface area contributed by atoms with Gasteiger partial charge in [-0.05, 0) is 43.3 Å². The molecule has 1 fully saturated rings. The molecule has 1 aliphatic rings. The van der Waals surface area contributed by atoms with Gasteiger partial charge in [0.15, 0.2) is 0 Å². The standard InChI is InChI=1S/C17H18ClN3O3S/c1-13-12-20(25(23,24)15-7-5-14(18)6-8-15)10-11-21(13)17(22)16-4-2-3-9-19-16/h2-9,13H,10-12H2,1H3/t13-/m1/s1. The van der Waals surface area contributed by atoms with Crippen LogP contribution in [0.5, 0.6) is 0 Å². The second kappa shape index (κ2) is 7.11. The number of carbonyl (C=O) groups excluding carboxylic acids is 1. The fourth-order valence-electron chi connectivity index (χ4n) is 2.84. The lowest BCUT2D eigenvalue weighted by Gasteiger charge is -2.39. The summed E-state index contributed by atoms with van der Waals surface area (Å²) in [5.41, 5.74) is 0.364. The molecular formula is C17H18ClN3O3S. The molecule has 0 radical (unpaired) electrons. The topological polar surface area (TPSA) is 70.6 Å². The maximum Gasteiger partial charge on any atom is 0.272 e. The molecule has 0 unspecified atom stereocenters. The Morgan fingerprint density at radius 2 is 1.88 bits per heavy atom. The molecule has 1 aromatic heterocycles. The van der Waals surface area contributed by atoms with Gasteiger partial charge in [0, 0.05) is 36.9 Å². The van der Waals surface area contributed by atoms with E-state index in [0.717, 1.165) is 0 Å². The van der Waals surface area contributed by atoms with Crippen molar-refractivity contribution in [1.29, 1.82) is 0 Å². The number of amides is 1. The Labute approximate surface area is 152 Å². The van der Waals surface area contributed by atoms with Crippen LogP contribution in [-0.4, -0.2) is 54.2 Å². The molecule has 1 atom stereocenters. The van der Waals surface area contributed by atoms with Crippen LogP contribution in [0.1, 0.15) is 17.4 Å². The first-order chi connectivity index (χ1) is 11.9. The number of hydrogen-bond donors (Lipinski definition) is 0. The molecule has 25 heavy (non-hydrogen) atoms. The van der Waals surface area contributed by atoms with Gasteiger partial charge in [-0.25, -0.2) is 8.42 Å². The second-order valence-corrected chi connectivity index (χ2v) is 8.25. The number of pyridine rings is 1. The lowest BCUT2D eigenvalue weighted by molar-refractivity contribution is 0.0585. The van der Waals surface area contributed by atoms with E-state index in [4.69, 9.17) is 11.6 Å². The maximum atomic E-state index is 12.8. The van der Waals surface area contributed by atoms with Crippen LogP contribution >= 0.6 is 11.6 Å². The minimum Gasteiger partial charge on any atom is -0.332 e. The van der Waals surface area contributed by atoms with Gasteiger partial charge in [-0.2, -0.15) is 4.31 Å². The third-order valence-electron chi connectivity index (χ3n) is 4.19. The Hall–Kier alpha value is -1.96. The van der Waals surface area contributed by atoms with Crippen molar-refractivity contribution in [3.8, 4) is 0 Å². The molecule has 0 saturated carbocycles. The minimum atomic E-state index is -3.60. The van der Waals surface area contributed by atoms with E-state index in [-0.39, 0.29) is 29.9 Å². The number of sulfonamides is 1. The van der Waals surface area contributed by atoms with Crippen molar-refractivity contribution in [3.63, 3.8) is 0 Å². The maximum absolute atomic E-state index is 12.8. The molecule has 0 spiro atoms. The molecule has 6 nitrogen and oxygen atoms in total. The first kappa shape index (κ1) is 17.8. The highest BCUT2D eigenvalue weighted by Gasteiger charge is 2.34. The smallest absolute Gasteiger partial charge is 0.272 e. The van der Waals surface area contributed by atoms with Gasteiger partial charge in [0.25, 0.3) is 5.91 Å². The van der Waals surface area contributed by atoms with Gasteiger partial charge in [-0.1, -0.05) is 17.7 Å². The van der Waals surface area contributed by atoms with Crippen LogP contribution in [0.25, 0.3) is 0 Å². The molecule has 8 heteroatoms. The number of carbonyl (C=O) groups is 1. The molecular weight excluding hydrogens is 362 g/mol. The van der Waals surface area contributed by atoms with E-state index >= 15 is 0 Å². The summed E-state index contributed by atoms with van der Waals surface area (Å²) in [6.07, 6.45) is 1.57. The average molecular weight is 380 g/mol. The number of aromatic nitrogens is 1. The van der Waals surface area contributed by atoms with Gasteiger partial charge in [-0.3, -0.25) is 9.78 Å². The van der Waals surface area contributed by atoms with Crippen molar-refractivity contribution in [2.24, 2.45) is 0 Å². The normalized spacial score (nSPS) is 19.0. The molecule has 0 N–H and O–H groups in total. The van der Waals surface area contributed by atoms with Crippen LogP contribution < -0.4 is 0 Å². The van der Waals surface area contributed by atoms with E-state index in [9.17, 15) is 13.2 Å². The largest absolute Gasteiger partial charge is 0.332 e. The van der Waals surface area contributed by atoms with Crippen molar-refractivity contribution < 1.29 is 13.2 Å². The van der Waals surface area contributed by atoms with Crippen LogP contribution in [0.15, 0.2) is 53.6 Å². The summed E-state index contributed by atoms with van der Waals surface area (Å²) in [7, 11) is -3.60. The van der Waals surface area contributed by atoms with Gasteiger partial charge in [-0.15, -0.1) is 0 Å². The molecule has 1 aliphatic heterocycles. The summed E-state index contributed by atoms with van der Waals surface area (Å²) in [4.78, 5) is 18.5. The third kappa shape index (κ3) is 3.68. The highest BCUT2D eigenvalue weighted by Crippen LogP contribution is 2.22. The molecule has 2 heterocycles. The lowest BCUT2D eigenvalue weighted by Crippen LogP contribution is -2.55. The fraction of sp³-hybridized carbons (Fsp3) is 0.294. The zero-order valence-electron chi connectivity index (χ0n) is 13.7. The van der Waals surface area contributed by atoms with Gasteiger partial charge in [0.1, 0.15) is 5.69 Å². The number of hydrogen-bond acceptors (Lipinski definition) is 4. The first-order valence-corrected chi connectivity index (χ1v) is 9.69. The van der Waals surface area contributed by atoms with Crippen molar-refractivity contribution in [1.82, 2.24) is 14.2 Å². The van der Waals surface area contributed by atoms with Crippen molar-refractivity contribution in [2.45, 2.75) is 17.9 Å². The van der Waals surface area contributed by atoms with Crippen LogP contribution in [0.2, 0.25) is 5.02 Å². The minimum absolute atomic E-state index is 0.184. The summed E-state index contributed by atoms with van der Waals surface area (Å²) in [6.45, 7) is 2.64. The van der Waals surface area contributed by atoms with E-state index in [1.807, 2.05) is 6.92 Å². The van der Waals surface area contributed by atoms with E-state index < -0.39 is 10.0 Å². The molecule has 0 bridgehead atoms. The van der Waals surface area contributed by atoms with Gasteiger partial charge in [0.2, 0.25) is 10.0 Å². The van der Waals surface area contributed by atoms with Crippen LogP contribution in [0.4, 0.5) is 0 Å². The Kier molecular flexibility index (Phi) is 5.08. The van der Waals surface area contributed by atoms with Crippen molar-refractivity contribution >= 4 is 27.5 Å². The number of nitrogens with zero attached hydrogens (tertiary/aromatic N) is 3. The summed E-state index contributed by atoms with van der Waals surface area (Å²) < 4.78 is 26.9. The molecule has 2 aromatic rings. The van der Waals surface area contributed by atoms with Crippen LogP contribution in [-0.2, 0) is 10.0 Å². The summed E-state index contributed by atoms with van der Waals surface area (Å²) in [5.74, 6) is -0.184. The SMILES string of the molecule is C[C@@H]1CN(S(=O)(=O)c2ccc(Cl)cc2)CCN1C(=O)c1ccccn1. The molecule has 132 valence electrons. The van der Waals surface area contributed by atoms with Crippen molar-refractivity contribution in [2.75, 3.05) is 19.6 Å². The number of rotatable bonds is 3. The first-order valence-electron chi connectivity index (χ1n) is 7.87. The monoisotopic (exact) mass is 379 g/mol. The third-order valence-corrected chi connectivity index (χ3v) is 6.32. The molecule has 0 aliphatic carbocycles. The van der Waals surface area contributed by atoms with E-state index in [2.05, 4.69) is 4.98 Å². The zero-order chi connectivity index (χ0) is 18.0. The number of piperazine rings is 1.